The Morgan fingerprint density at radius 3 is 2.37 bits per heavy atom. The monoisotopic (exact) mass is 259 g/mol. The van der Waals surface area contributed by atoms with Crippen molar-refractivity contribution in [3.8, 4) is 0 Å². The molecule has 0 bridgehead atoms. The van der Waals surface area contributed by atoms with Crippen LogP contribution in [0.25, 0.3) is 0 Å². The van der Waals surface area contributed by atoms with Crippen molar-refractivity contribution in [2.45, 2.75) is 6.42 Å². The van der Waals surface area contributed by atoms with E-state index in [-0.39, 0.29) is 11.8 Å². The van der Waals surface area contributed by atoms with E-state index < -0.39 is 0 Å². The lowest BCUT2D eigenvalue weighted by atomic mass is 10.1. The first kappa shape index (κ1) is 12.3. The minimum Gasteiger partial charge on any atom is -0.315 e. The molecule has 2 amide bonds. The van der Waals surface area contributed by atoms with Gasteiger partial charge in [0.05, 0.1) is 17.8 Å². The number of amides is 2. The molecule has 100 valence electrons. The van der Waals surface area contributed by atoms with Crippen molar-refractivity contribution < 1.29 is 9.59 Å². The highest BCUT2D eigenvalue weighted by molar-refractivity contribution is 6.21. The first-order valence-electron chi connectivity index (χ1n) is 6.65. The van der Waals surface area contributed by atoms with Crippen LogP contribution in [-0.4, -0.2) is 54.5 Å². The number of nitrogens with zero attached hydrogens (tertiary/aromatic N) is 2. The Kier molecular flexibility index (Phi) is 3.31. The van der Waals surface area contributed by atoms with Gasteiger partial charge in [-0.15, -0.1) is 0 Å². The molecular formula is C14H17N3O2. The quantitative estimate of drug-likeness (QED) is 0.787. The number of nitrogens with one attached hydrogen (secondary N) is 1. The van der Waals surface area contributed by atoms with E-state index in [4.69, 9.17) is 0 Å². The standard InChI is InChI=1S/C14H17N3O2/c18-13-11-4-1-2-5-12(11)14(19)17(13)10-16-8-3-6-15-7-9-16/h1-2,4-5,15H,3,6-10H2. The van der Waals surface area contributed by atoms with Crippen LogP contribution in [0.1, 0.15) is 27.1 Å². The van der Waals surface area contributed by atoms with Crippen LogP contribution < -0.4 is 5.32 Å². The molecule has 3 rings (SSSR count). The highest BCUT2D eigenvalue weighted by Crippen LogP contribution is 2.22. The van der Waals surface area contributed by atoms with Gasteiger partial charge in [0.1, 0.15) is 0 Å². The zero-order valence-electron chi connectivity index (χ0n) is 10.8. The predicted molar refractivity (Wildman–Crippen MR) is 70.9 cm³/mol. The lowest BCUT2D eigenvalue weighted by Crippen LogP contribution is -2.42. The smallest absolute Gasteiger partial charge is 0.262 e. The van der Waals surface area contributed by atoms with E-state index in [0.717, 1.165) is 32.6 Å². The molecule has 0 unspecified atom stereocenters. The molecule has 0 aromatic heterocycles. The van der Waals surface area contributed by atoms with E-state index >= 15 is 0 Å². The zero-order valence-corrected chi connectivity index (χ0v) is 10.8. The minimum atomic E-state index is -0.169. The lowest BCUT2D eigenvalue weighted by Gasteiger charge is -2.24. The first-order chi connectivity index (χ1) is 9.27. The maximum Gasteiger partial charge on any atom is 0.262 e. The highest BCUT2D eigenvalue weighted by Gasteiger charge is 2.35. The van der Waals surface area contributed by atoms with E-state index in [1.165, 1.54) is 4.90 Å². The van der Waals surface area contributed by atoms with Gasteiger partial charge < -0.3 is 5.32 Å². The van der Waals surface area contributed by atoms with Crippen LogP contribution >= 0.6 is 0 Å². The summed E-state index contributed by atoms with van der Waals surface area (Å²) in [6.45, 7) is 4.09. The van der Waals surface area contributed by atoms with Crippen molar-refractivity contribution >= 4 is 11.8 Å². The van der Waals surface area contributed by atoms with Gasteiger partial charge in [-0.05, 0) is 25.1 Å². The van der Waals surface area contributed by atoms with E-state index in [2.05, 4.69) is 10.2 Å². The van der Waals surface area contributed by atoms with Gasteiger partial charge in [-0.2, -0.15) is 0 Å². The van der Waals surface area contributed by atoms with Crippen LogP contribution in [0.15, 0.2) is 24.3 Å². The second kappa shape index (κ2) is 5.11. The fourth-order valence-corrected chi connectivity index (χ4v) is 2.61. The summed E-state index contributed by atoms with van der Waals surface area (Å²) in [5, 5.41) is 3.31. The Balaban J connectivity index is 1.76. The van der Waals surface area contributed by atoms with Crippen LogP contribution in [0, 0.1) is 0 Å². The zero-order chi connectivity index (χ0) is 13.2. The number of imide groups is 1. The Hall–Kier alpha value is -1.72. The molecule has 1 aromatic carbocycles. The molecule has 0 radical (unpaired) electrons. The van der Waals surface area contributed by atoms with Crippen LogP contribution in [0.4, 0.5) is 0 Å². The fraction of sp³-hybridized carbons (Fsp3) is 0.429. The number of carbonyl (C=O) groups is 2. The molecule has 2 aliphatic rings. The second-order valence-electron chi connectivity index (χ2n) is 4.95. The summed E-state index contributed by atoms with van der Waals surface area (Å²) in [6.07, 6.45) is 1.04. The van der Waals surface area contributed by atoms with E-state index in [9.17, 15) is 9.59 Å². The minimum absolute atomic E-state index is 0.169. The number of carbonyl (C=O) groups excluding carboxylic acids is 2. The van der Waals surface area contributed by atoms with Crippen LogP contribution in [-0.2, 0) is 0 Å². The molecule has 1 aromatic rings. The summed E-state index contributed by atoms with van der Waals surface area (Å²) < 4.78 is 0. The number of hydrogen-bond donors (Lipinski definition) is 1. The van der Waals surface area contributed by atoms with Gasteiger partial charge in [-0.3, -0.25) is 19.4 Å². The highest BCUT2D eigenvalue weighted by atomic mass is 16.2. The van der Waals surface area contributed by atoms with Crippen molar-refractivity contribution in [1.29, 1.82) is 0 Å². The van der Waals surface area contributed by atoms with Crippen molar-refractivity contribution in [2.24, 2.45) is 0 Å². The SMILES string of the molecule is O=C1c2ccccc2C(=O)N1CN1CCCNCC1. The average Bonchev–Trinajstić information content (AvgIpc) is 2.65. The number of benzene rings is 1. The van der Waals surface area contributed by atoms with Crippen molar-refractivity contribution in [1.82, 2.24) is 15.1 Å². The summed E-state index contributed by atoms with van der Waals surface area (Å²) >= 11 is 0. The summed E-state index contributed by atoms with van der Waals surface area (Å²) in [5.74, 6) is -0.337. The maximum absolute atomic E-state index is 12.2. The molecule has 0 spiro atoms. The number of hydrogen-bond acceptors (Lipinski definition) is 4. The van der Waals surface area contributed by atoms with Gasteiger partial charge >= 0.3 is 0 Å². The molecule has 19 heavy (non-hydrogen) atoms. The van der Waals surface area contributed by atoms with Gasteiger partial charge in [0.25, 0.3) is 11.8 Å². The third-order valence-electron chi connectivity index (χ3n) is 3.65. The Morgan fingerprint density at radius 2 is 1.68 bits per heavy atom. The van der Waals surface area contributed by atoms with Gasteiger partial charge in [0.2, 0.25) is 0 Å². The Bertz CT molecular complexity index is 472. The largest absolute Gasteiger partial charge is 0.315 e. The van der Waals surface area contributed by atoms with Gasteiger partial charge in [0.15, 0.2) is 0 Å². The Labute approximate surface area is 112 Å². The molecule has 1 saturated heterocycles. The van der Waals surface area contributed by atoms with Crippen LogP contribution in [0.3, 0.4) is 0 Å². The molecule has 5 heteroatoms. The molecule has 2 heterocycles. The number of fused-ring (bicyclic) bond motifs is 1. The molecule has 5 nitrogen and oxygen atoms in total. The molecule has 0 aliphatic carbocycles. The van der Waals surface area contributed by atoms with Crippen LogP contribution in [0.2, 0.25) is 0 Å². The summed E-state index contributed by atoms with van der Waals surface area (Å²) in [5.41, 5.74) is 1.06. The van der Waals surface area contributed by atoms with Gasteiger partial charge in [-0.1, -0.05) is 12.1 Å². The number of rotatable bonds is 2. The first-order valence-corrected chi connectivity index (χ1v) is 6.65. The molecule has 1 fully saturated rings. The second-order valence-corrected chi connectivity index (χ2v) is 4.95. The summed E-state index contributed by atoms with van der Waals surface area (Å²) in [6, 6.07) is 7.03. The topological polar surface area (TPSA) is 52.7 Å². The van der Waals surface area contributed by atoms with Gasteiger partial charge in [-0.25, -0.2) is 0 Å². The molecule has 1 N–H and O–H groups in total. The maximum atomic E-state index is 12.2. The third-order valence-corrected chi connectivity index (χ3v) is 3.65. The normalized spacial score (nSPS) is 20.5. The third kappa shape index (κ3) is 2.27. The van der Waals surface area contributed by atoms with E-state index in [1.807, 2.05) is 0 Å². The van der Waals surface area contributed by atoms with Crippen molar-refractivity contribution in [3.05, 3.63) is 35.4 Å². The summed E-state index contributed by atoms with van der Waals surface area (Å²) in [7, 11) is 0. The van der Waals surface area contributed by atoms with E-state index in [0.29, 0.717) is 17.8 Å². The molecular weight excluding hydrogens is 242 g/mol. The van der Waals surface area contributed by atoms with Crippen molar-refractivity contribution in [3.63, 3.8) is 0 Å². The predicted octanol–water partition coefficient (Wildman–Crippen LogP) is 0.535. The molecule has 2 aliphatic heterocycles. The average molecular weight is 259 g/mol. The van der Waals surface area contributed by atoms with Crippen LogP contribution in [0.5, 0.6) is 0 Å². The molecule has 0 atom stereocenters. The summed E-state index contributed by atoms with van der Waals surface area (Å²) in [4.78, 5) is 28.0. The molecule has 0 saturated carbocycles. The fourth-order valence-electron chi connectivity index (χ4n) is 2.61. The van der Waals surface area contributed by atoms with Crippen molar-refractivity contribution in [2.75, 3.05) is 32.8 Å². The van der Waals surface area contributed by atoms with Gasteiger partial charge in [0, 0.05) is 19.6 Å². The Morgan fingerprint density at radius 1 is 1.00 bits per heavy atom. The lowest BCUT2D eigenvalue weighted by molar-refractivity contribution is 0.0548. The van der Waals surface area contributed by atoms with E-state index in [1.54, 1.807) is 24.3 Å².